The Balaban J connectivity index is 0. The predicted molar refractivity (Wildman–Crippen MR) is 60.6 cm³/mol. The highest BCUT2D eigenvalue weighted by Gasteiger charge is 2.12. The molecule has 4 heteroatoms. The molecule has 1 atom stereocenters. The van der Waals surface area contributed by atoms with Crippen molar-refractivity contribution in [2.75, 3.05) is 13.2 Å². The van der Waals surface area contributed by atoms with Gasteiger partial charge in [-0.1, -0.05) is 19.8 Å². The maximum atomic E-state index is 11.2. The zero-order valence-corrected chi connectivity index (χ0v) is 9.94. The summed E-state index contributed by atoms with van der Waals surface area (Å²) in [5.41, 5.74) is 5.36. The minimum absolute atomic E-state index is 0. The molecule has 0 aromatic heterocycles. The highest BCUT2D eigenvalue weighted by atomic mass is 35.5. The van der Waals surface area contributed by atoms with E-state index in [1.807, 2.05) is 13.8 Å². The summed E-state index contributed by atoms with van der Waals surface area (Å²) in [5, 5.41) is 0. The third-order valence-electron chi connectivity index (χ3n) is 2.03. The van der Waals surface area contributed by atoms with E-state index in [4.69, 9.17) is 10.5 Å². The zero-order chi connectivity index (χ0) is 10.1. The van der Waals surface area contributed by atoms with Crippen LogP contribution in [0.3, 0.4) is 0 Å². The molecule has 0 spiro atoms. The fourth-order valence-electron chi connectivity index (χ4n) is 1.17. The van der Waals surface area contributed by atoms with Crippen LogP contribution in [0.2, 0.25) is 0 Å². The molecule has 86 valence electrons. The van der Waals surface area contributed by atoms with Crippen LogP contribution in [0.25, 0.3) is 0 Å². The Bertz CT molecular complexity index is 142. The van der Waals surface area contributed by atoms with E-state index in [1.165, 1.54) is 0 Å². The first-order valence-electron chi connectivity index (χ1n) is 5.09. The van der Waals surface area contributed by atoms with Crippen LogP contribution < -0.4 is 5.73 Å². The van der Waals surface area contributed by atoms with Crippen molar-refractivity contribution in [3.63, 3.8) is 0 Å². The summed E-state index contributed by atoms with van der Waals surface area (Å²) in [6.07, 6.45) is 4.14. The normalized spacial score (nSPS) is 11.6. The zero-order valence-electron chi connectivity index (χ0n) is 9.12. The summed E-state index contributed by atoms with van der Waals surface area (Å²) in [5.74, 6) is -0.0343. The molecule has 0 rings (SSSR count). The molecule has 0 saturated carbocycles. The Morgan fingerprint density at radius 3 is 2.50 bits per heavy atom. The van der Waals surface area contributed by atoms with Crippen molar-refractivity contribution >= 4 is 18.4 Å². The highest BCUT2D eigenvalue weighted by molar-refractivity contribution is 5.85. The minimum atomic E-state index is -0.0738. The first-order chi connectivity index (χ1) is 6.22. The van der Waals surface area contributed by atoms with Gasteiger partial charge >= 0.3 is 5.97 Å². The maximum Gasteiger partial charge on any atom is 0.308 e. The lowest BCUT2D eigenvalue weighted by Crippen LogP contribution is -2.14. The molecule has 0 aromatic rings. The lowest BCUT2D eigenvalue weighted by atomic mass is 10.0. The third-order valence-corrected chi connectivity index (χ3v) is 2.03. The average Bonchev–Trinajstić information content (AvgIpc) is 2.12. The highest BCUT2D eigenvalue weighted by Crippen LogP contribution is 2.10. The smallest absolute Gasteiger partial charge is 0.308 e. The van der Waals surface area contributed by atoms with E-state index in [0.29, 0.717) is 6.61 Å². The Morgan fingerprint density at radius 2 is 2.00 bits per heavy atom. The number of hydrogen-bond acceptors (Lipinski definition) is 3. The van der Waals surface area contributed by atoms with Gasteiger partial charge in [-0.25, -0.2) is 0 Å². The Kier molecular flexibility index (Phi) is 12.5. The number of esters is 1. The van der Waals surface area contributed by atoms with Gasteiger partial charge < -0.3 is 10.5 Å². The molecule has 0 amide bonds. The second kappa shape index (κ2) is 10.8. The van der Waals surface area contributed by atoms with Crippen molar-refractivity contribution in [2.45, 2.75) is 39.5 Å². The molecule has 0 bridgehead atoms. The summed E-state index contributed by atoms with van der Waals surface area (Å²) >= 11 is 0. The molecule has 3 nitrogen and oxygen atoms in total. The number of carbonyl (C=O) groups excluding carboxylic acids is 1. The number of halogens is 1. The van der Waals surface area contributed by atoms with E-state index in [1.54, 1.807) is 0 Å². The molecule has 0 heterocycles. The van der Waals surface area contributed by atoms with Crippen LogP contribution in [0.15, 0.2) is 0 Å². The number of unbranched alkanes of at least 4 members (excludes halogenated alkanes) is 2. The van der Waals surface area contributed by atoms with Crippen molar-refractivity contribution in [1.82, 2.24) is 0 Å². The maximum absolute atomic E-state index is 11.2. The van der Waals surface area contributed by atoms with Gasteiger partial charge in [0, 0.05) is 0 Å². The number of rotatable bonds is 7. The standard InChI is InChI=1S/C10H21NO2.ClH/c1-3-13-10(12)9(2)7-5-4-6-8-11;/h9H,3-8,11H2,1-2H3;1H. The summed E-state index contributed by atoms with van der Waals surface area (Å²) in [6, 6.07) is 0. The topological polar surface area (TPSA) is 52.3 Å². The number of ether oxygens (including phenoxy) is 1. The predicted octanol–water partition coefficient (Wildman–Crippen LogP) is 2.13. The van der Waals surface area contributed by atoms with Crippen molar-refractivity contribution in [1.29, 1.82) is 0 Å². The monoisotopic (exact) mass is 223 g/mol. The molecular formula is C10H22ClNO2. The summed E-state index contributed by atoms with van der Waals surface area (Å²) in [6.45, 7) is 4.97. The fourth-order valence-corrected chi connectivity index (χ4v) is 1.17. The molecule has 2 N–H and O–H groups in total. The van der Waals surface area contributed by atoms with Crippen LogP contribution in [0.5, 0.6) is 0 Å². The van der Waals surface area contributed by atoms with Crippen molar-refractivity contribution in [3.05, 3.63) is 0 Å². The van der Waals surface area contributed by atoms with E-state index in [0.717, 1.165) is 32.2 Å². The quantitative estimate of drug-likeness (QED) is 0.532. The molecule has 14 heavy (non-hydrogen) atoms. The Labute approximate surface area is 92.8 Å². The molecule has 0 aliphatic carbocycles. The number of hydrogen-bond donors (Lipinski definition) is 1. The Hall–Kier alpha value is -0.280. The van der Waals surface area contributed by atoms with E-state index < -0.39 is 0 Å². The van der Waals surface area contributed by atoms with Gasteiger partial charge in [0.25, 0.3) is 0 Å². The summed E-state index contributed by atoms with van der Waals surface area (Å²) in [4.78, 5) is 11.2. The SMILES string of the molecule is CCOC(=O)C(C)CCCCCN.Cl. The van der Waals surface area contributed by atoms with Crippen LogP contribution in [-0.4, -0.2) is 19.1 Å². The molecule has 0 radical (unpaired) electrons. The summed E-state index contributed by atoms with van der Waals surface area (Å²) in [7, 11) is 0. The largest absolute Gasteiger partial charge is 0.466 e. The van der Waals surface area contributed by atoms with Gasteiger partial charge in [0.2, 0.25) is 0 Å². The van der Waals surface area contributed by atoms with Crippen LogP contribution in [0.4, 0.5) is 0 Å². The number of nitrogens with two attached hydrogens (primary N) is 1. The van der Waals surface area contributed by atoms with Gasteiger partial charge in [-0.05, 0) is 26.3 Å². The van der Waals surface area contributed by atoms with Gasteiger partial charge in [0.05, 0.1) is 12.5 Å². The van der Waals surface area contributed by atoms with Crippen LogP contribution in [-0.2, 0) is 9.53 Å². The van der Waals surface area contributed by atoms with E-state index in [-0.39, 0.29) is 24.3 Å². The molecule has 0 fully saturated rings. The van der Waals surface area contributed by atoms with Gasteiger partial charge in [0.1, 0.15) is 0 Å². The second-order valence-corrected chi connectivity index (χ2v) is 3.29. The Morgan fingerprint density at radius 1 is 1.36 bits per heavy atom. The van der Waals surface area contributed by atoms with Crippen LogP contribution >= 0.6 is 12.4 Å². The lowest BCUT2D eigenvalue weighted by molar-refractivity contribution is -0.147. The molecule has 1 unspecified atom stereocenters. The van der Waals surface area contributed by atoms with E-state index >= 15 is 0 Å². The van der Waals surface area contributed by atoms with Gasteiger partial charge in [-0.3, -0.25) is 4.79 Å². The lowest BCUT2D eigenvalue weighted by Gasteiger charge is -2.09. The van der Waals surface area contributed by atoms with Crippen molar-refractivity contribution in [2.24, 2.45) is 11.7 Å². The summed E-state index contributed by atoms with van der Waals surface area (Å²) < 4.78 is 4.90. The van der Waals surface area contributed by atoms with Gasteiger partial charge in [0.15, 0.2) is 0 Å². The van der Waals surface area contributed by atoms with Gasteiger partial charge in [-0.2, -0.15) is 0 Å². The van der Waals surface area contributed by atoms with E-state index in [9.17, 15) is 4.79 Å². The second-order valence-electron chi connectivity index (χ2n) is 3.29. The van der Waals surface area contributed by atoms with E-state index in [2.05, 4.69) is 0 Å². The molecular weight excluding hydrogens is 202 g/mol. The van der Waals surface area contributed by atoms with Gasteiger partial charge in [-0.15, -0.1) is 12.4 Å². The molecule has 0 aromatic carbocycles. The third kappa shape index (κ3) is 8.32. The average molecular weight is 224 g/mol. The molecule has 0 aliphatic rings. The van der Waals surface area contributed by atoms with Crippen LogP contribution in [0.1, 0.15) is 39.5 Å². The minimum Gasteiger partial charge on any atom is -0.466 e. The number of carbonyl (C=O) groups is 1. The fraction of sp³-hybridized carbons (Fsp3) is 0.900. The first-order valence-corrected chi connectivity index (χ1v) is 5.09. The molecule has 0 aliphatic heterocycles. The molecule has 0 saturated heterocycles. The van der Waals surface area contributed by atoms with Crippen LogP contribution in [0, 0.1) is 5.92 Å². The first kappa shape index (κ1) is 16.2. The van der Waals surface area contributed by atoms with Crippen molar-refractivity contribution in [3.8, 4) is 0 Å². The van der Waals surface area contributed by atoms with Crippen molar-refractivity contribution < 1.29 is 9.53 Å².